The van der Waals surface area contributed by atoms with Crippen LogP contribution in [-0.4, -0.2) is 0 Å². The lowest BCUT2D eigenvalue weighted by molar-refractivity contribution is 1.48. The Kier molecular flexibility index (Phi) is 2.99. The molecule has 0 aromatic heterocycles. The number of rotatable bonds is 0. The molecule has 1 nitrogen and oxygen atoms in total. The SMILES string of the molecule is N#Cc1ccc(I)c(Cl)c1Cl. The van der Waals surface area contributed by atoms with E-state index in [2.05, 4.69) is 22.6 Å². The van der Waals surface area contributed by atoms with Crippen molar-refractivity contribution in [3.63, 3.8) is 0 Å². The number of benzene rings is 1. The smallest absolute Gasteiger partial charge is 0.101 e. The maximum absolute atomic E-state index is 8.54. The average Bonchev–Trinajstić information content (AvgIpc) is 2.01. The summed E-state index contributed by atoms with van der Waals surface area (Å²) in [5, 5.41) is 9.32. The highest BCUT2D eigenvalue weighted by atomic mass is 127. The van der Waals surface area contributed by atoms with Gasteiger partial charge in [-0.3, -0.25) is 0 Å². The Labute approximate surface area is 88.1 Å². The molecule has 1 aromatic carbocycles. The molecule has 0 amide bonds. The van der Waals surface area contributed by atoms with Gasteiger partial charge in [0.15, 0.2) is 0 Å². The lowest BCUT2D eigenvalue weighted by Gasteiger charge is -1.98. The molecule has 56 valence electrons. The molecule has 0 saturated heterocycles. The van der Waals surface area contributed by atoms with Crippen LogP contribution in [0.5, 0.6) is 0 Å². The number of hydrogen-bond donors (Lipinski definition) is 0. The van der Waals surface area contributed by atoms with Crippen LogP contribution >= 0.6 is 45.8 Å². The predicted octanol–water partition coefficient (Wildman–Crippen LogP) is 3.47. The van der Waals surface area contributed by atoms with Crippen molar-refractivity contribution < 1.29 is 0 Å². The van der Waals surface area contributed by atoms with Gasteiger partial charge in [-0.2, -0.15) is 5.26 Å². The molecule has 0 bridgehead atoms. The van der Waals surface area contributed by atoms with Gasteiger partial charge in [0.25, 0.3) is 0 Å². The van der Waals surface area contributed by atoms with Gasteiger partial charge in [-0.1, -0.05) is 23.2 Å². The zero-order valence-electron chi connectivity index (χ0n) is 5.24. The molecule has 1 aromatic rings. The van der Waals surface area contributed by atoms with Crippen LogP contribution in [0.3, 0.4) is 0 Å². The molecule has 0 atom stereocenters. The molecular formula is C7H2Cl2IN. The third-order valence-corrected chi connectivity index (χ3v) is 3.26. The summed E-state index contributed by atoms with van der Waals surface area (Å²) in [4.78, 5) is 0. The van der Waals surface area contributed by atoms with Crippen molar-refractivity contribution in [1.82, 2.24) is 0 Å². The Hall–Kier alpha value is 0.0200. The van der Waals surface area contributed by atoms with Crippen LogP contribution in [0, 0.1) is 14.9 Å². The number of halogens is 3. The van der Waals surface area contributed by atoms with Crippen molar-refractivity contribution >= 4 is 45.8 Å². The van der Waals surface area contributed by atoms with Crippen LogP contribution < -0.4 is 0 Å². The van der Waals surface area contributed by atoms with E-state index >= 15 is 0 Å². The summed E-state index contributed by atoms with van der Waals surface area (Å²) in [6, 6.07) is 5.35. The molecule has 0 aliphatic rings. The van der Waals surface area contributed by atoms with Gasteiger partial charge in [0.1, 0.15) is 6.07 Å². The van der Waals surface area contributed by atoms with E-state index in [9.17, 15) is 0 Å². The first-order valence-corrected chi connectivity index (χ1v) is 4.54. The average molecular weight is 298 g/mol. The Morgan fingerprint density at radius 2 is 1.91 bits per heavy atom. The van der Waals surface area contributed by atoms with Gasteiger partial charge in [-0.15, -0.1) is 0 Å². The first-order valence-electron chi connectivity index (χ1n) is 2.70. The summed E-state index contributed by atoms with van der Waals surface area (Å²) >= 11 is 13.6. The fraction of sp³-hybridized carbons (Fsp3) is 0. The van der Waals surface area contributed by atoms with Crippen LogP contribution in [0.25, 0.3) is 0 Å². The highest BCUT2D eigenvalue weighted by molar-refractivity contribution is 14.1. The third-order valence-electron chi connectivity index (χ3n) is 1.16. The van der Waals surface area contributed by atoms with E-state index < -0.39 is 0 Å². The Balaban J connectivity index is 3.40. The van der Waals surface area contributed by atoms with Crippen molar-refractivity contribution in [3.05, 3.63) is 31.3 Å². The van der Waals surface area contributed by atoms with E-state index in [1.54, 1.807) is 12.1 Å². The maximum atomic E-state index is 8.54. The zero-order valence-corrected chi connectivity index (χ0v) is 8.91. The van der Waals surface area contributed by atoms with Gasteiger partial charge < -0.3 is 0 Å². The minimum Gasteiger partial charge on any atom is -0.192 e. The minimum atomic E-state index is 0.334. The molecule has 1 rings (SSSR count). The lowest BCUT2D eigenvalue weighted by atomic mass is 10.2. The third kappa shape index (κ3) is 1.78. The molecule has 0 fully saturated rings. The number of nitrogens with zero attached hydrogens (tertiary/aromatic N) is 1. The molecule has 0 aliphatic carbocycles. The standard InChI is InChI=1S/C7H2Cl2IN/c8-6-4(3-11)1-2-5(10)7(6)9/h1-2H. The van der Waals surface area contributed by atoms with Gasteiger partial charge in [-0.25, -0.2) is 0 Å². The number of nitriles is 1. The second kappa shape index (κ2) is 3.61. The van der Waals surface area contributed by atoms with Gasteiger partial charge in [0.2, 0.25) is 0 Å². The van der Waals surface area contributed by atoms with Crippen LogP contribution in [0.1, 0.15) is 5.56 Å². The van der Waals surface area contributed by atoms with E-state index in [4.69, 9.17) is 28.5 Å². The second-order valence-electron chi connectivity index (χ2n) is 1.83. The van der Waals surface area contributed by atoms with E-state index in [0.29, 0.717) is 15.6 Å². The Bertz CT molecular complexity index is 330. The molecule has 0 saturated carbocycles. The van der Waals surface area contributed by atoms with E-state index in [-0.39, 0.29) is 0 Å². The summed E-state index contributed by atoms with van der Waals surface area (Å²) in [7, 11) is 0. The second-order valence-corrected chi connectivity index (χ2v) is 3.75. The first-order chi connectivity index (χ1) is 5.16. The van der Waals surface area contributed by atoms with Crippen molar-refractivity contribution in [2.45, 2.75) is 0 Å². The first kappa shape index (κ1) is 9.11. The van der Waals surface area contributed by atoms with Crippen LogP contribution in [0.15, 0.2) is 12.1 Å². The maximum Gasteiger partial charge on any atom is 0.101 e. The fourth-order valence-corrected chi connectivity index (χ4v) is 1.59. The van der Waals surface area contributed by atoms with E-state index in [1.165, 1.54) is 0 Å². The van der Waals surface area contributed by atoms with Crippen molar-refractivity contribution in [1.29, 1.82) is 5.26 Å². The monoisotopic (exact) mass is 297 g/mol. The summed E-state index contributed by atoms with van der Waals surface area (Å²) in [5.41, 5.74) is 0.414. The van der Waals surface area contributed by atoms with Crippen LogP contribution in [-0.2, 0) is 0 Å². The van der Waals surface area contributed by atoms with Crippen molar-refractivity contribution in [2.75, 3.05) is 0 Å². The summed E-state index contributed by atoms with van der Waals surface area (Å²) in [6.07, 6.45) is 0. The highest BCUT2D eigenvalue weighted by Crippen LogP contribution is 2.29. The van der Waals surface area contributed by atoms with Gasteiger partial charge in [0.05, 0.1) is 15.6 Å². The summed E-state index contributed by atoms with van der Waals surface area (Å²) in [6.45, 7) is 0. The van der Waals surface area contributed by atoms with Gasteiger partial charge in [0, 0.05) is 3.57 Å². The molecule has 0 spiro atoms. The van der Waals surface area contributed by atoms with Crippen LogP contribution in [0.4, 0.5) is 0 Å². The Morgan fingerprint density at radius 1 is 1.27 bits per heavy atom. The highest BCUT2D eigenvalue weighted by Gasteiger charge is 2.06. The molecular weight excluding hydrogens is 296 g/mol. The lowest BCUT2D eigenvalue weighted by Crippen LogP contribution is -1.81. The Morgan fingerprint density at radius 3 is 2.45 bits per heavy atom. The minimum absolute atomic E-state index is 0.334. The van der Waals surface area contributed by atoms with Crippen molar-refractivity contribution in [3.8, 4) is 6.07 Å². The molecule has 0 unspecified atom stereocenters. The summed E-state index contributed by atoms with van der Waals surface area (Å²) < 4.78 is 0.855. The molecule has 0 N–H and O–H groups in total. The quantitative estimate of drug-likeness (QED) is 0.531. The van der Waals surface area contributed by atoms with E-state index in [1.807, 2.05) is 6.07 Å². The van der Waals surface area contributed by atoms with Crippen LogP contribution in [0.2, 0.25) is 10.0 Å². The fourth-order valence-electron chi connectivity index (χ4n) is 0.612. The molecule has 0 radical (unpaired) electrons. The van der Waals surface area contributed by atoms with Gasteiger partial charge >= 0.3 is 0 Å². The van der Waals surface area contributed by atoms with Gasteiger partial charge in [-0.05, 0) is 34.7 Å². The number of hydrogen-bond acceptors (Lipinski definition) is 1. The van der Waals surface area contributed by atoms with E-state index in [0.717, 1.165) is 3.57 Å². The van der Waals surface area contributed by atoms with Crippen molar-refractivity contribution in [2.24, 2.45) is 0 Å². The molecule has 0 heterocycles. The predicted molar refractivity (Wildman–Crippen MR) is 53.9 cm³/mol. The zero-order chi connectivity index (χ0) is 8.43. The molecule has 4 heteroatoms. The summed E-state index contributed by atoms with van der Waals surface area (Å²) in [5.74, 6) is 0. The normalized spacial score (nSPS) is 9.27. The molecule has 11 heavy (non-hydrogen) atoms. The largest absolute Gasteiger partial charge is 0.192 e. The topological polar surface area (TPSA) is 23.8 Å². The molecule has 0 aliphatic heterocycles.